The smallest absolute Gasteiger partial charge is 0.143 e. The summed E-state index contributed by atoms with van der Waals surface area (Å²) in [5.74, 6) is 2.64. The van der Waals surface area contributed by atoms with E-state index in [0.29, 0.717) is 12.0 Å². The summed E-state index contributed by atoms with van der Waals surface area (Å²) in [5.41, 5.74) is 1.26. The lowest BCUT2D eigenvalue weighted by Crippen LogP contribution is -2.15. The normalized spacial score (nSPS) is 22.2. The number of hydrogen-bond donors (Lipinski definition) is 1. The third-order valence-electron chi connectivity index (χ3n) is 3.86. The van der Waals surface area contributed by atoms with E-state index >= 15 is 0 Å². The fourth-order valence-electron chi connectivity index (χ4n) is 2.60. The van der Waals surface area contributed by atoms with Gasteiger partial charge in [0.2, 0.25) is 0 Å². The van der Waals surface area contributed by atoms with Gasteiger partial charge in [0.15, 0.2) is 0 Å². The number of ether oxygens (including phenoxy) is 1. The van der Waals surface area contributed by atoms with Crippen molar-refractivity contribution in [2.75, 3.05) is 18.5 Å². The minimum absolute atomic E-state index is 0.320. The van der Waals surface area contributed by atoms with Crippen molar-refractivity contribution in [2.45, 2.75) is 57.5 Å². The summed E-state index contributed by atoms with van der Waals surface area (Å²) in [6.07, 6.45) is 7.16. The summed E-state index contributed by atoms with van der Waals surface area (Å²) in [6, 6.07) is 0. The van der Waals surface area contributed by atoms with Crippen LogP contribution in [0.15, 0.2) is 0 Å². The monoisotopic (exact) mass is 387 g/mol. The second kappa shape index (κ2) is 6.56. The lowest BCUT2D eigenvalue weighted by molar-refractivity contribution is 0.110. The van der Waals surface area contributed by atoms with Gasteiger partial charge in [-0.05, 0) is 54.7 Å². The molecular weight excluding hydrogens is 365 g/mol. The molecule has 1 saturated carbocycles. The Labute approximate surface area is 134 Å². The van der Waals surface area contributed by atoms with Gasteiger partial charge in [0.25, 0.3) is 0 Å². The molecule has 4 nitrogen and oxygen atoms in total. The molecule has 2 fully saturated rings. The quantitative estimate of drug-likeness (QED) is 0.760. The summed E-state index contributed by atoms with van der Waals surface area (Å²) in [5, 5.41) is 3.45. The van der Waals surface area contributed by atoms with Crippen molar-refractivity contribution in [2.24, 2.45) is 0 Å². The molecule has 0 spiro atoms. The number of aromatic nitrogens is 2. The van der Waals surface area contributed by atoms with E-state index in [-0.39, 0.29) is 0 Å². The highest BCUT2D eigenvalue weighted by molar-refractivity contribution is 14.1. The van der Waals surface area contributed by atoms with Crippen LogP contribution in [0.5, 0.6) is 0 Å². The highest BCUT2D eigenvalue weighted by Gasteiger charge is 2.30. The molecule has 0 radical (unpaired) electrons. The Balaban J connectivity index is 1.82. The molecule has 2 heterocycles. The van der Waals surface area contributed by atoms with E-state index in [1.165, 1.54) is 28.5 Å². The molecule has 0 bridgehead atoms. The average Bonchev–Trinajstić information content (AvgIpc) is 3.17. The molecule has 1 atom stereocenters. The van der Waals surface area contributed by atoms with E-state index in [1.54, 1.807) is 0 Å². The first kappa shape index (κ1) is 14.5. The predicted molar refractivity (Wildman–Crippen MR) is 88.2 cm³/mol. The molecule has 1 aliphatic heterocycles. The van der Waals surface area contributed by atoms with Crippen LogP contribution >= 0.6 is 22.6 Å². The van der Waals surface area contributed by atoms with Gasteiger partial charge < -0.3 is 10.1 Å². The van der Waals surface area contributed by atoms with Gasteiger partial charge in [-0.2, -0.15) is 0 Å². The SMILES string of the molecule is CCCNc1nc(CC2CCCO2)nc(C2CC2)c1I. The van der Waals surface area contributed by atoms with Gasteiger partial charge in [-0.3, -0.25) is 0 Å². The molecule has 0 amide bonds. The Kier molecular flexibility index (Phi) is 4.75. The molecule has 1 aromatic rings. The van der Waals surface area contributed by atoms with Crippen LogP contribution in [0.25, 0.3) is 0 Å². The largest absolute Gasteiger partial charge is 0.378 e. The average molecular weight is 387 g/mol. The van der Waals surface area contributed by atoms with Crippen LogP contribution < -0.4 is 5.32 Å². The first-order valence-corrected chi connectivity index (χ1v) is 8.77. The molecule has 110 valence electrons. The summed E-state index contributed by atoms with van der Waals surface area (Å²) in [6.45, 7) is 4.04. The van der Waals surface area contributed by atoms with E-state index in [9.17, 15) is 0 Å². The van der Waals surface area contributed by atoms with Crippen molar-refractivity contribution in [3.05, 3.63) is 15.1 Å². The number of halogens is 1. The predicted octanol–water partition coefficient (Wildman–Crippen LogP) is 3.50. The maximum absolute atomic E-state index is 5.72. The Morgan fingerprint density at radius 1 is 1.30 bits per heavy atom. The molecule has 3 rings (SSSR count). The summed E-state index contributed by atoms with van der Waals surface area (Å²) in [4.78, 5) is 9.56. The summed E-state index contributed by atoms with van der Waals surface area (Å²) < 4.78 is 6.94. The zero-order valence-corrected chi connectivity index (χ0v) is 14.1. The third kappa shape index (κ3) is 3.42. The fraction of sp³-hybridized carbons (Fsp3) is 0.733. The highest BCUT2D eigenvalue weighted by atomic mass is 127. The molecule has 0 aromatic carbocycles. The number of rotatable bonds is 6. The number of nitrogens with zero attached hydrogens (tertiary/aromatic N) is 2. The Bertz CT molecular complexity index is 470. The minimum Gasteiger partial charge on any atom is -0.378 e. The maximum atomic E-state index is 5.72. The number of nitrogens with one attached hydrogen (secondary N) is 1. The van der Waals surface area contributed by atoms with E-state index in [4.69, 9.17) is 14.7 Å². The van der Waals surface area contributed by atoms with Crippen LogP contribution in [0.1, 0.15) is 56.5 Å². The molecule has 1 saturated heterocycles. The van der Waals surface area contributed by atoms with Crippen LogP contribution in [0.3, 0.4) is 0 Å². The van der Waals surface area contributed by atoms with Crippen molar-refractivity contribution in [1.29, 1.82) is 0 Å². The Morgan fingerprint density at radius 3 is 2.80 bits per heavy atom. The molecule has 1 unspecified atom stereocenters. The molecule has 20 heavy (non-hydrogen) atoms. The van der Waals surface area contributed by atoms with Gasteiger partial charge in [-0.15, -0.1) is 0 Å². The van der Waals surface area contributed by atoms with Crippen molar-refractivity contribution in [3.8, 4) is 0 Å². The van der Waals surface area contributed by atoms with E-state index in [0.717, 1.165) is 44.1 Å². The first-order chi connectivity index (χ1) is 9.78. The third-order valence-corrected chi connectivity index (χ3v) is 4.93. The zero-order chi connectivity index (χ0) is 13.9. The summed E-state index contributed by atoms with van der Waals surface area (Å²) in [7, 11) is 0. The molecule has 1 aromatic heterocycles. The molecular formula is C15H22IN3O. The lowest BCUT2D eigenvalue weighted by atomic mass is 10.1. The van der Waals surface area contributed by atoms with Gasteiger partial charge in [0.05, 0.1) is 15.4 Å². The highest BCUT2D eigenvalue weighted by Crippen LogP contribution is 2.42. The van der Waals surface area contributed by atoms with Crippen LogP contribution in [0, 0.1) is 3.57 Å². The van der Waals surface area contributed by atoms with Crippen LogP contribution in [0.4, 0.5) is 5.82 Å². The van der Waals surface area contributed by atoms with Gasteiger partial charge in [-0.1, -0.05) is 6.92 Å². The van der Waals surface area contributed by atoms with Gasteiger partial charge >= 0.3 is 0 Å². The zero-order valence-electron chi connectivity index (χ0n) is 12.0. The first-order valence-electron chi connectivity index (χ1n) is 7.69. The van der Waals surface area contributed by atoms with Crippen molar-refractivity contribution in [1.82, 2.24) is 9.97 Å². The van der Waals surface area contributed by atoms with Crippen molar-refractivity contribution in [3.63, 3.8) is 0 Å². The molecule has 1 N–H and O–H groups in total. The fourth-order valence-corrected chi connectivity index (χ4v) is 3.47. The topological polar surface area (TPSA) is 47.0 Å². The standard InChI is InChI=1S/C15H22IN3O/c1-2-7-17-15-13(16)14(10-5-6-10)18-12(19-15)9-11-4-3-8-20-11/h10-11H,2-9H2,1H3,(H,17,18,19). The van der Waals surface area contributed by atoms with E-state index in [1.807, 2.05) is 0 Å². The van der Waals surface area contributed by atoms with Crippen molar-refractivity contribution >= 4 is 28.4 Å². The van der Waals surface area contributed by atoms with Crippen LogP contribution in [-0.4, -0.2) is 29.2 Å². The van der Waals surface area contributed by atoms with Gasteiger partial charge in [0, 0.05) is 25.5 Å². The lowest BCUT2D eigenvalue weighted by Gasteiger charge is -2.14. The Morgan fingerprint density at radius 2 is 2.15 bits per heavy atom. The summed E-state index contributed by atoms with van der Waals surface area (Å²) >= 11 is 2.40. The van der Waals surface area contributed by atoms with Gasteiger partial charge in [-0.25, -0.2) is 9.97 Å². The van der Waals surface area contributed by atoms with Crippen molar-refractivity contribution < 1.29 is 4.74 Å². The maximum Gasteiger partial charge on any atom is 0.143 e. The molecule has 1 aliphatic carbocycles. The number of anilines is 1. The minimum atomic E-state index is 0.320. The Hall–Kier alpha value is -0.430. The van der Waals surface area contributed by atoms with E-state index < -0.39 is 0 Å². The van der Waals surface area contributed by atoms with E-state index in [2.05, 4.69) is 34.8 Å². The second-order valence-electron chi connectivity index (χ2n) is 5.73. The second-order valence-corrected chi connectivity index (χ2v) is 6.81. The van der Waals surface area contributed by atoms with Crippen LogP contribution in [0.2, 0.25) is 0 Å². The molecule has 5 heteroatoms. The van der Waals surface area contributed by atoms with Gasteiger partial charge in [0.1, 0.15) is 11.6 Å². The molecule has 2 aliphatic rings. The van der Waals surface area contributed by atoms with Crippen LogP contribution in [-0.2, 0) is 11.2 Å². The number of hydrogen-bond acceptors (Lipinski definition) is 4.